The Hall–Kier alpha value is -0.610. The van der Waals surface area contributed by atoms with Crippen LogP contribution in [0.5, 0.6) is 0 Å². The number of rotatable bonds is 7. The first-order valence-electron chi connectivity index (χ1n) is 7.89. The van der Waals surface area contributed by atoms with Crippen LogP contribution in [0.2, 0.25) is 0 Å². The van der Waals surface area contributed by atoms with Crippen LogP contribution in [0, 0.1) is 5.92 Å². The molecule has 0 aromatic rings. The number of piperidine rings is 1. The molecule has 4 heteroatoms. The minimum atomic E-state index is 0.279. The van der Waals surface area contributed by atoms with Crippen molar-refractivity contribution in [3.05, 3.63) is 0 Å². The second-order valence-corrected chi connectivity index (χ2v) is 5.42. The molecule has 0 saturated carbocycles. The van der Waals surface area contributed by atoms with E-state index in [0.29, 0.717) is 18.5 Å². The summed E-state index contributed by atoms with van der Waals surface area (Å²) in [6.45, 7) is 13.9. The van der Waals surface area contributed by atoms with Gasteiger partial charge in [0.25, 0.3) is 0 Å². The van der Waals surface area contributed by atoms with Gasteiger partial charge in [0.15, 0.2) is 0 Å². The predicted octanol–water partition coefficient (Wildman–Crippen LogP) is 1.56. The second kappa shape index (κ2) is 8.54. The van der Waals surface area contributed by atoms with Crippen LogP contribution in [-0.2, 0) is 4.79 Å². The quantitative estimate of drug-likeness (QED) is 0.762. The van der Waals surface area contributed by atoms with E-state index in [4.69, 9.17) is 0 Å². The largest absolute Gasteiger partial charge is 0.342 e. The predicted molar refractivity (Wildman–Crippen MR) is 80.2 cm³/mol. The average molecular weight is 269 g/mol. The molecule has 0 aromatic carbocycles. The van der Waals surface area contributed by atoms with Gasteiger partial charge in [-0.25, -0.2) is 0 Å². The van der Waals surface area contributed by atoms with Gasteiger partial charge in [-0.05, 0) is 32.7 Å². The fraction of sp³-hybridized carbons (Fsp3) is 0.933. The van der Waals surface area contributed by atoms with Crippen molar-refractivity contribution in [1.82, 2.24) is 15.1 Å². The highest BCUT2D eigenvalue weighted by molar-refractivity contribution is 5.78. The fourth-order valence-electron chi connectivity index (χ4n) is 3.06. The monoisotopic (exact) mass is 269 g/mol. The van der Waals surface area contributed by atoms with Crippen molar-refractivity contribution in [1.29, 1.82) is 0 Å². The highest BCUT2D eigenvalue weighted by Crippen LogP contribution is 2.20. The maximum absolute atomic E-state index is 12.1. The number of amides is 1. The third-order valence-electron chi connectivity index (χ3n) is 4.28. The number of nitrogens with zero attached hydrogens (tertiary/aromatic N) is 2. The summed E-state index contributed by atoms with van der Waals surface area (Å²) in [5, 5.41) is 3.58. The molecule has 1 rings (SSSR count). The number of hydrogen-bond acceptors (Lipinski definition) is 3. The molecule has 0 spiro atoms. The third-order valence-corrected chi connectivity index (χ3v) is 4.28. The van der Waals surface area contributed by atoms with Gasteiger partial charge < -0.3 is 10.2 Å². The highest BCUT2D eigenvalue weighted by Gasteiger charge is 2.28. The molecule has 1 saturated heterocycles. The van der Waals surface area contributed by atoms with Gasteiger partial charge in [0.1, 0.15) is 0 Å². The second-order valence-electron chi connectivity index (χ2n) is 5.42. The molecule has 1 fully saturated rings. The Kier molecular flexibility index (Phi) is 7.39. The van der Waals surface area contributed by atoms with Gasteiger partial charge in [-0.1, -0.05) is 20.3 Å². The minimum Gasteiger partial charge on any atom is -0.342 e. The van der Waals surface area contributed by atoms with Crippen molar-refractivity contribution in [2.45, 2.75) is 46.6 Å². The number of hydrogen-bond donors (Lipinski definition) is 1. The van der Waals surface area contributed by atoms with Gasteiger partial charge in [0, 0.05) is 32.2 Å². The zero-order valence-corrected chi connectivity index (χ0v) is 13.1. The van der Waals surface area contributed by atoms with Gasteiger partial charge in [0.05, 0.1) is 6.54 Å². The number of likely N-dealkylation sites (N-methyl/N-ethyl adjacent to an activating group) is 1. The van der Waals surface area contributed by atoms with E-state index in [-0.39, 0.29) is 5.91 Å². The Morgan fingerprint density at radius 1 is 1.26 bits per heavy atom. The molecule has 2 atom stereocenters. The van der Waals surface area contributed by atoms with E-state index < -0.39 is 0 Å². The molecule has 2 unspecified atom stereocenters. The summed E-state index contributed by atoms with van der Waals surface area (Å²) < 4.78 is 0. The zero-order chi connectivity index (χ0) is 14.3. The topological polar surface area (TPSA) is 35.6 Å². The number of nitrogens with one attached hydrogen (secondary N) is 1. The molecule has 1 N–H and O–H groups in total. The number of likely N-dealkylation sites (tertiary alicyclic amines) is 1. The SMILES string of the molecule is CCNC1CCN(CC(=O)N(CC)CC)CC1CC. The Morgan fingerprint density at radius 3 is 2.47 bits per heavy atom. The molecular weight excluding hydrogens is 238 g/mol. The lowest BCUT2D eigenvalue weighted by atomic mass is 9.90. The Balaban J connectivity index is 2.47. The summed E-state index contributed by atoms with van der Waals surface area (Å²) in [5.74, 6) is 0.958. The maximum atomic E-state index is 12.1. The third kappa shape index (κ3) is 4.77. The van der Waals surface area contributed by atoms with Crippen molar-refractivity contribution < 1.29 is 4.79 Å². The number of carbonyl (C=O) groups excluding carboxylic acids is 1. The van der Waals surface area contributed by atoms with E-state index in [2.05, 4.69) is 24.1 Å². The average Bonchev–Trinajstić information content (AvgIpc) is 2.42. The Labute approximate surface area is 118 Å². The van der Waals surface area contributed by atoms with Crippen molar-refractivity contribution in [3.63, 3.8) is 0 Å². The summed E-state index contributed by atoms with van der Waals surface area (Å²) in [4.78, 5) is 16.4. The van der Waals surface area contributed by atoms with Crippen LogP contribution in [0.25, 0.3) is 0 Å². The molecule has 1 heterocycles. The first-order chi connectivity index (χ1) is 9.15. The molecule has 0 radical (unpaired) electrons. The summed E-state index contributed by atoms with van der Waals surface area (Å²) >= 11 is 0. The molecule has 0 aromatic heterocycles. The molecule has 1 aliphatic heterocycles. The standard InChI is InChI=1S/C15H31N3O/c1-5-13-11-17(10-9-14(13)16-6-2)12-15(19)18(7-3)8-4/h13-14,16H,5-12H2,1-4H3. The summed E-state index contributed by atoms with van der Waals surface area (Å²) in [6.07, 6.45) is 2.35. The van der Waals surface area contributed by atoms with Crippen LogP contribution in [0.4, 0.5) is 0 Å². The van der Waals surface area contributed by atoms with Gasteiger partial charge in [0.2, 0.25) is 5.91 Å². The molecule has 0 bridgehead atoms. The van der Waals surface area contributed by atoms with Crippen molar-refractivity contribution in [3.8, 4) is 0 Å². The van der Waals surface area contributed by atoms with Gasteiger partial charge in [-0.2, -0.15) is 0 Å². The van der Waals surface area contributed by atoms with E-state index in [1.165, 1.54) is 6.42 Å². The summed E-state index contributed by atoms with van der Waals surface area (Å²) in [5.41, 5.74) is 0. The van der Waals surface area contributed by atoms with E-state index in [9.17, 15) is 4.79 Å². The molecule has 19 heavy (non-hydrogen) atoms. The van der Waals surface area contributed by atoms with Gasteiger partial charge in [-0.15, -0.1) is 0 Å². The van der Waals surface area contributed by atoms with Crippen LogP contribution in [-0.4, -0.2) is 61.0 Å². The van der Waals surface area contributed by atoms with Gasteiger partial charge >= 0.3 is 0 Å². The van der Waals surface area contributed by atoms with Crippen LogP contribution in [0.15, 0.2) is 0 Å². The van der Waals surface area contributed by atoms with E-state index in [1.807, 2.05) is 18.7 Å². The van der Waals surface area contributed by atoms with Crippen LogP contribution < -0.4 is 5.32 Å². The van der Waals surface area contributed by atoms with Crippen LogP contribution >= 0.6 is 0 Å². The summed E-state index contributed by atoms with van der Waals surface area (Å²) in [6, 6.07) is 0.634. The minimum absolute atomic E-state index is 0.279. The lowest BCUT2D eigenvalue weighted by Crippen LogP contribution is -2.51. The zero-order valence-electron chi connectivity index (χ0n) is 13.1. The summed E-state index contributed by atoms with van der Waals surface area (Å²) in [7, 11) is 0. The van der Waals surface area contributed by atoms with Crippen molar-refractivity contribution in [2.75, 3.05) is 39.3 Å². The normalized spacial score (nSPS) is 24.4. The van der Waals surface area contributed by atoms with Crippen LogP contribution in [0.1, 0.15) is 40.5 Å². The highest BCUT2D eigenvalue weighted by atomic mass is 16.2. The lowest BCUT2D eigenvalue weighted by Gasteiger charge is -2.39. The van der Waals surface area contributed by atoms with E-state index in [0.717, 1.165) is 39.1 Å². The first-order valence-corrected chi connectivity index (χ1v) is 7.89. The lowest BCUT2D eigenvalue weighted by molar-refractivity contribution is -0.132. The van der Waals surface area contributed by atoms with E-state index >= 15 is 0 Å². The first kappa shape index (κ1) is 16.4. The molecule has 0 aliphatic carbocycles. The molecule has 4 nitrogen and oxygen atoms in total. The Bertz CT molecular complexity index is 266. The Morgan fingerprint density at radius 2 is 1.95 bits per heavy atom. The molecule has 1 aliphatic rings. The van der Waals surface area contributed by atoms with Crippen molar-refractivity contribution >= 4 is 5.91 Å². The maximum Gasteiger partial charge on any atom is 0.236 e. The van der Waals surface area contributed by atoms with Gasteiger partial charge in [-0.3, -0.25) is 9.69 Å². The number of carbonyl (C=O) groups is 1. The van der Waals surface area contributed by atoms with E-state index in [1.54, 1.807) is 0 Å². The fourth-order valence-corrected chi connectivity index (χ4v) is 3.06. The molecular formula is C15H31N3O. The van der Waals surface area contributed by atoms with Crippen LogP contribution in [0.3, 0.4) is 0 Å². The smallest absolute Gasteiger partial charge is 0.236 e. The molecule has 112 valence electrons. The molecule has 1 amide bonds. The van der Waals surface area contributed by atoms with Crippen molar-refractivity contribution in [2.24, 2.45) is 5.92 Å².